The lowest BCUT2D eigenvalue weighted by Gasteiger charge is -2.34. The van der Waals surface area contributed by atoms with E-state index in [0.717, 1.165) is 0 Å². The van der Waals surface area contributed by atoms with Gasteiger partial charge in [-0.2, -0.15) is 13.2 Å². The van der Waals surface area contributed by atoms with Crippen LogP contribution in [0.2, 0.25) is 0 Å². The Morgan fingerprint density at radius 2 is 1.95 bits per heavy atom. The minimum atomic E-state index is -4.91. The highest BCUT2D eigenvalue weighted by molar-refractivity contribution is 6.10. The van der Waals surface area contributed by atoms with Gasteiger partial charge in [0, 0.05) is 11.9 Å². The van der Waals surface area contributed by atoms with Gasteiger partial charge in [-0.1, -0.05) is 0 Å². The third kappa shape index (κ3) is 2.89. The van der Waals surface area contributed by atoms with Crippen molar-refractivity contribution in [3.8, 4) is 5.75 Å². The number of methoxy groups -OCH3 is 1. The maximum atomic E-state index is 13.3. The quantitative estimate of drug-likeness (QED) is 0.887. The first-order valence-corrected chi connectivity index (χ1v) is 6.02. The summed E-state index contributed by atoms with van der Waals surface area (Å²) >= 11 is 0. The molecule has 1 aromatic rings. The first-order chi connectivity index (χ1) is 10.3. The number of hydrogen-bond acceptors (Lipinski definition) is 5. The lowest BCUT2D eigenvalue weighted by Crippen LogP contribution is -2.48. The Kier molecular flexibility index (Phi) is 4.09. The van der Waals surface area contributed by atoms with Crippen LogP contribution in [0.3, 0.4) is 0 Å². The summed E-state index contributed by atoms with van der Waals surface area (Å²) in [5.41, 5.74) is 3.32. The third-order valence-electron chi connectivity index (χ3n) is 2.97. The van der Waals surface area contributed by atoms with Crippen LogP contribution >= 0.6 is 0 Å². The molecule has 1 heterocycles. The first-order valence-electron chi connectivity index (χ1n) is 6.02. The monoisotopic (exact) mass is 315 g/mol. The molecule has 0 bridgehead atoms. The zero-order valence-electron chi connectivity index (χ0n) is 11.3. The maximum Gasteiger partial charge on any atom is 0.432 e. The molecule has 0 radical (unpaired) electrons. The zero-order valence-corrected chi connectivity index (χ0v) is 11.3. The average molecular weight is 315 g/mol. The molecule has 1 aliphatic rings. The number of hydrogen-bond donors (Lipinski definition) is 2. The number of rotatable bonds is 3. The van der Waals surface area contributed by atoms with Crippen molar-refractivity contribution < 1.29 is 27.8 Å². The van der Waals surface area contributed by atoms with E-state index in [0.29, 0.717) is 16.9 Å². The Morgan fingerprint density at radius 3 is 2.41 bits per heavy atom. The van der Waals surface area contributed by atoms with Crippen LogP contribution in [0.4, 0.5) is 18.9 Å². The molecule has 0 aromatic heterocycles. The van der Waals surface area contributed by atoms with Crippen LogP contribution in [-0.2, 0) is 4.79 Å². The molecule has 9 heteroatoms. The number of nitrogens with two attached hydrogens (primary N) is 1. The number of benzene rings is 1. The van der Waals surface area contributed by atoms with E-state index in [9.17, 15) is 18.0 Å². The van der Waals surface area contributed by atoms with Gasteiger partial charge in [0.2, 0.25) is 0 Å². The van der Waals surface area contributed by atoms with Gasteiger partial charge >= 0.3 is 12.1 Å². The van der Waals surface area contributed by atoms with Crippen molar-refractivity contribution in [2.24, 2.45) is 10.7 Å². The molecule has 0 saturated heterocycles. The number of aliphatic imine (C=N–C) groups is 1. The Balaban J connectivity index is 2.59. The lowest BCUT2D eigenvalue weighted by atomic mass is 10.1. The highest BCUT2D eigenvalue weighted by Crippen LogP contribution is 2.37. The molecule has 22 heavy (non-hydrogen) atoms. The number of aliphatic carboxylic acids is 1. The smallest absolute Gasteiger partial charge is 0.432 e. The number of allylic oxidation sites excluding steroid dienone is 1. The summed E-state index contributed by atoms with van der Waals surface area (Å²) in [6, 6.07) is 5.55. The van der Waals surface area contributed by atoms with Crippen molar-refractivity contribution in [2.75, 3.05) is 12.0 Å². The fraction of sp³-hybridized carbons (Fsp3) is 0.231. The number of ether oxygens (including phenoxy) is 1. The molecule has 1 atom stereocenters. The average Bonchev–Trinajstić information content (AvgIpc) is 2.45. The van der Waals surface area contributed by atoms with Gasteiger partial charge in [-0.25, -0.2) is 4.79 Å². The molecule has 0 saturated carbocycles. The SMILES string of the molecule is COc1ccc(N2C(C(F)(F)F)=C(C(=O)O)C=NC2N)cc1. The molecular formula is C13H12F3N3O3. The van der Waals surface area contributed by atoms with Crippen LogP contribution in [-0.4, -0.2) is 36.9 Å². The number of halogens is 3. The van der Waals surface area contributed by atoms with Gasteiger partial charge in [0.05, 0.1) is 7.11 Å². The minimum Gasteiger partial charge on any atom is -0.497 e. The van der Waals surface area contributed by atoms with E-state index in [-0.39, 0.29) is 5.69 Å². The fourth-order valence-electron chi connectivity index (χ4n) is 2.01. The topological polar surface area (TPSA) is 88.1 Å². The molecule has 0 amide bonds. The molecule has 1 aromatic carbocycles. The molecule has 0 spiro atoms. The molecule has 118 valence electrons. The van der Waals surface area contributed by atoms with E-state index in [1.807, 2.05) is 0 Å². The van der Waals surface area contributed by atoms with Crippen molar-refractivity contribution in [1.29, 1.82) is 0 Å². The van der Waals surface area contributed by atoms with Crippen LogP contribution < -0.4 is 15.4 Å². The predicted octanol–water partition coefficient (Wildman–Crippen LogP) is 1.73. The number of carboxylic acids is 1. The maximum absolute atomic E-state index is 13.3. The molecule has 1 aliphatic heterocycles. The third-order valence-corrected chi connectivity index (χ3v) is 2.97. The Hall–Kier alpha value is -2.55. The standard InChI is InChI=1S/C13H12F3N3O3/c1-22-8-4-2-7(3-5-8)19-10(13(14,15)16)9(11(20)21)6-18-12(19)17/h2-6,12H,17H2,1H3,(H,20,21). The molecule has 2 rings (SSSR count). The lowest BCUT2D eigenvalue weighted by molar-refractivity contribution is -0.133. The largest absolute Gasteiger partial charge is 0.497 e. The molecule has 1 unspecified atom stereocenters. The summed E-state index contributed by atoms with van der Waals surface area (Å²) < 4.78 is 44.8. The second-order valence-corrected chi connectivity index (χ2v) is 4.33. The van der Waals surface area contributed by atoms with Crippen LogP contribution in [0.15, 0.2) is 40.5 Å². The van der Waals surface area contributed by atoms with Crippen molar-refractivity contribution in [1.82, 2.24) is 0 Å². The highest BCUT2D eigenvalue weighted by Gasteiger charge is 2.45. The van der Waals surface area contributed by atoms with Gasteiger partial charge in [-0.15, -0.1) is 0 Å². The number of carboxylic acid groups (broad SMARTS) is 1. The van der Waals surface area contributed by atoms with Gasteiger partial charge in [0.1, 0.15) is 17.0 Å². The summed E-state index contributed by atoms with van der Waals surface area (Å²) in [6.07, 6.45) is -5.67. The van der Waals surface area contributed by atoms with Crippen molar-refractivity contribution in [2.45, 2.75) is 12.5 Å². The predicted molar refractivity (Wildman–Crippen MR) is 72.7 cm³/mol. The highest BCUT2D eigenvalue weighted by atomic mass is 19.4. The van der Waals surface area contributed by atoms with Crippen LogP contribution in [0, 0.1) is 0 Å². The van der Waals surface area contributed by atoms with Crippen LogP contribution in [0.5, 0.6) is 5.75 Å². The zero-order chi connectivity index (χ0) is 16.5. The number of alkyl halides is 3. The number of carbonyl (C=O) groups is 1. The summed E-state index contributed by atoms with van der Waals surface area (Å²) in [5, 5.41) is 8.97. The molecule has 0 fully saturated rings. The molecule has 3 N–H and O–H groups in total. The molecular weight excluding hydrogens is 303 g/mol. The van der Waals surface area contributed by atoms with E-state index in [2.05, 4.69) is 4.99 Å². The number of nitrogens with zero attached hydrogens (tertiary/aromatic N) is 2. The van der Waals surface area contributed by atoms with Gasteiger partial charge < -0.3 is 14.7 Å². The fourth-order valence-corrected chi connectivity index (χ4v) is 2.01. The normalized spacial score (nSPS) is 18.6. The van der Waals surface area contributed by atoms with E-state index in [1.165, 1.54) is 31.4 Å². The Bertz CT molecular complexity index is 638. The van der Waals surface area contributed by atoms with Crippen LogP contribution in [0.25, 0.3) is 0 Å². The Morgan fingerprint density at radius 1 is 1.36 bits per heavy atom. The van der Waals surface area contributed by atoms with Crippen molar-refractivity contribution >= 4 is 17.9 Å². The first kappa shape index (κ1) is 15.8. The van der Waals surface area contributed by atoms with Gasteiger partial charge in [-0.3, -0.25) is 10.7 Å². The summed E-state index contributed by atoms with van der Waals surface area (Å²) in [4.78, 5) is 15.3. The summed E-state index contributed by atoms with van der Waals surface area (Å²) in [6.45, 7) is 0. The molecule has 0 aliphatic carbocycles. The van der Waals surface area contributed by atoms with E-state index < -0.39 is 29.7 Å². The minimum absolute atomic E-state index is 0.0521. The van der Waals surface area contributed by atoms with E-state index in [1.54, 1.807) is 0 Å². The van der Waals surface area contributed by atoms with Crippen LogP contribution in [0.1, 0.15) is 0 Å². The second-order valence-electron chi connectivity index (χ2n) is 4.33. The van der Waals surface area contributed by atoms with E-state index in [4.69, 9.17) is 15.6 Å². The van der Waals surface area contributed by atoms with Gasteiger partial charge in [-0.05, 0) is 24.3 Å². The van der Waals surface area contributed by atoms with E-state index >= 15 is 0 Å². The summed E-state index contributed by atoms with van der Waals surface area (Å²) in [7, 11) is 1.41. The van der Waals surface area contributed by atoms with Crippen molar-refractivity contribution in [3.63, 3.8) is 0 Å². The van der Waals surface area contributed by atoms with Gasteiger partial charge in [0.15, 0.2) is 6.29 Å². The number of anilines is 1. The van der Waals surface area contributed by atoms with Crippen molar-refractivity contribution in [3.05, 3.63) is 35.5 Å². The summed E-state index contributed by atoms with van der Waals surface area (Å²) in [5.74, 6) is -1.30. The Labute approximate surface area is 123 Å². The van der Waals surface area contributed by atoms with Gasteiger partial charge in [0.25, 0.3) is 0 Å². The second kappa shape index (κ2) is 5.68. The molecule has 6 nitrogen and oxygen atoms in total.